The molecule has 0 saturated carbocycles. The van der Waals surface area contributed by atoms with Gasteiger partial charge in [0.05, 0.1) is 18.2 Å². The summed E-state index contributed by atoms with van der Waals surface area (Å²) in [5.74, 6) is 0.787. The summed E-state index contributed by atoms with van der Waals surface area (Å²) in [5.41, 5.74) is 0.705. The number of hydrogen-bond donors (Lipinski definition) is 3. The number of rotatable bonds is 6. The third-order valence-electron chi connectivity index (χ3n) is 3.53. The molecule has 1 rings (SSSR count). The molecule has 0 aliphatic carbocycles. The van der Waals surface area contributed by atoms with E-state index in [1.165, 1.54) is 0 Å². The standard InChI is InChI=1S/C18H30N2O3/c1-12(2)23-15-9-7-8-14(10-15)13(3)20-17(22)19-11-16(21)18(4,5)6/h7-10,12-13,16,21H,11H2,1-6H3,(H2,19,20,22). The first-order valence-corrected chi connectivity index (χ1v) is 8.08. The molecule has 1 aromatic carbocycles. The van der Waals surface area contributed by atoms with Crippen LogP contribution in [-0.2, 0) is 0 Å². The molecule has 23 heavy (non-hydrogen) atoms. The van der Waals surface area contributed by atoms with E-state index in [0.29, 0.717) is 0 Å². The summed E-state index contributed by atoms with van der Waals surface area (Å²) in [7, 11) is 0. The maximum absolute atomic E-state index is 12.0. The SMILES string of the molecule is CC(C)Oc1cccc(C(C)NC(=O)NCC(O)C(C)(C)C)c1. The molecule has 5 heteroatoms. The molecule has 0 spiro atoms. The van der Waals surface area contributed by atoms with Gasteiger partial charge >= 0.3 is 6.03 Å². The fraction of sp³-hybridized carbons (Fsp3) is 0.611. The van der Waals surface area contributed by atoms with Crippen LogP contribution < -0.4 is 15.4 Å². The van der Waals surface area contributed by atoms with Gasteiger partial charge in [-0.15, -0.1) is 0 Å². The van der Waals surface area contributed by atoms with Crippen LogP contribution in [0.3, 0.4) is 0 Å². The number of amides is 2. The van der Waals surface area contributed by atoms with Gasteiger partial charge < -0.3 is 20.5 Å². The van der Waals surface area contributed by atoms with E-state index in [1.54, 1.807) is 0 Å². The van der Waals surface area contributed by atoms with Crippen molar-refractivity contribution >= 4 is 6.03 Å². The van der Waals surface area contributed by atoms with Gasteiger partial charge in [-0.1, -0.05) is 32.9 Å². The molecule has 5 nitrogen and oxygen atoms in total. The smallest absolute Gasteiger partial charge is 0.315 e. The predicted octanol–water partition coefficient (Wildman–Crippen LogP) is 3.24. The summed E-state index contributed by atoms with van der Waals surface area (Å²) in [5, 5.41) is 15.5. The van der Waals surface area contributed by atoms with Crippen molar-refractivity contribution in [2.24, 2.45) is 5.41 Å². The summed E-state index contributed by atoms with van der Waals surface area (Å²) >= 11 is 0. The summed E-state index contributed by atoms with van der Waals surface area (Å²) < 4.78 is 5.67. The Morgan fingerprint density at radius 1 is 1.26 bits per heavy atom. The van der Waals surface area contributed by atoms with Gasteiger partial charge in [-0.3, -0.25) is 0 Å². The van der Waals surface area contributed by atoms with Crippen LogP contribution in [0.4, 0.5) is 4.79 Å². The van der Waals surface area contributed by atoms with E-state index in [4.69, 9.17) is 4.74 Å². The molecule has 0 fully saturated rings. The van der Waals surface area contributed by atoms with Gasteiger partial charge in [-0.25, -0.2) is 4.79 Å². The van der Waals surface area contributed by atoms with E-state index in [0.717, 1.165) is 11.3 Å². The average molecular weight is 322 g/mol. The van der Waals surface area contributed by atoms with Crippen molar-refractivity contribution < 1.29 is 14.6 Å². The summed E-state index contributed by atoms with van der Waals surface area (Å²) in [4.78, 5) is 12.0. The third kappa shape index (κ3) is 6.91. The van der Waals surface area contributed by atoms with E-state index in [-0.39, 0.29) is 30.1 Å². The number of benzene rings is 1. The van der Waals surface area contributed by atoms with Crippen molar-refractivity contribution in [3.63, 3.8) is 0 Å². The fourth-order valence-electron chi connectivity index (χ4n) is 1.96. The van der Waals surface area contributed by atoms with Crippen molar-refractivity contribution in [2.45, 2.75) is 59.8 Å². The number of urea groups is 1. The van der Waals surface area contributed by atoms with Crippen molar-refractivity contribution in [1.29, 1.82) is 0 Å². The van der Waals surface area contributed by atoms with Crippen LogP contribution in [0.5, 0.6) is 5.75 Å². The van der Waals surface area contributed by atoms with Crippen molar-refractivity contribution in [1.82, 2.24) is 10.6 Å². The quantitative estimate of drug-likeness (QED) is 0.753. The van der Waals surface area contributed by atoms with Gasteiger partial charge in [0, 0.05) is 6.54 Å². The molecule has 2 unspecified atom stereocenters. The highest BCUT2D eigenvalue weighted by Gasteiger charge is 2.22. The summed E-state index contributed by atoms with van der Waals surface area (Å²) in [6.07, 6.45) is -0.484. The lowest BCUT2D eigenvalue weighted by Gasteiger charge is -2.26. The first kappa shape index (κ1) is 19.3. The highest BCUT2D eigenvalue weighted by Crippen LogP contribution is 2.20. The molecule has 0 aliphatic rings. The second-order valence-electron chi connectivity index (χ2n) is 7.20. The number of ether oxygens (including phenoxy) is 1. The zero-order chi connectivity index (χ0) is 17.6. The highest BCUT2D eigenvalue weighted by molar-refractivity contribution is 5.74. The minimum atomic E-state index is -0.591. The Labute approximate surface area is 139 Å². The number of hydrogen-bond acceptors (Lipinski definition) is 3. The zero-order valence-electron chi connectivity index (χ0n) is 15.0. The lowest BCUT2D eigenvalue weighted by atomic mass is 9.89. The first-order chi connectivity index (χ1) is 10.6. The van der Waals surface area contributed by atoms with E-state index in [1.807, 2.05) is 65.8 Å². The Bertz CT molecular complexity index is 509. The minimum Gasteiger partial charge on any atom is -0.491 e. The maximum atomic E-state index is 12.0. The molecule has 0 aliphatic heterocycles. The second-order valence-corrected chi connectivity index (χ2v) is 7.20. The Kier molecular flexibility index (Phi) is 6.88. The Hall–Kier alpha value is -1.75. The molecule has 0 heterocycles. The van der Waals surface area contributed by atoms with Crippen LogP contribution >= 0.6 is 0 Å². The predicted molar refractivity (Wildman–Crippen MR) is 92.6 cm³/mol. The van der Waals surface area contributed by atoms with Crippen LogP contribution in [0.25, 0.3) is 0 Å². The largest absolute Gasteiger partial charge is 0.491 e. The molecule has 0 aromatic heterocycles. The monoisotopic (exact) mass is 322 g/mol. The van der Waals surface area contributed by atoms with Gasteiger partial charge in [0.1, 0.15) is 5.75 Å². The Morgan fingerprint density at radius 2 is 1.91 bits per heavy atom. The molecule has 1 aromatic rings. The third-order valence-corrected chi connectivity index (χ3v) is 3.53. The molecule has 0 radical (unpaired) electrons. The van der Waals surface area contributed by atoms with Crippen LogP contribution in [0.2, 0.25) is 0 Å². The fourth-order valence-corrected chi connectivity index (χ4v) is 1.96. The van der Waals surface area contributed by atoms with Crippen molar-refractivity contribution in [2.75, 3.05) is 6.54 Å². The molecule has 0 bridgehead atoms. The normalized spacial score (nSPS) is 14.3. The molecule has 3 N–H and O–H groups in total. The number of aliphatic hydroxyl groups excluding tert-OH is 1. The van der Waals surface area contributed by atoms with Crippen molar-refractivity contribution in [3.05, 3.63) is 29.8 Å². The molecular formula is C18H30N2O3. The van der Waals surface area contributed by atoms with Gasteiger partial charge in [-0.2, -0.15) is 0 Å². The van der Waals surface area contributed by atoms with Crippen LogP contribution in [0.1, 0.15) is 53.1 Å². The van der Waals surface area contributed by atoms with Gasteiger partial charge in [-0.05, 0) is 43.9 Å². The molecule has 0 saturated heterocycles. The maximum Gasteiger partial charge on any atom is 0.315 e. The van der Waals surface area contributed by atoms with E-state index in [2.05, 4.69) is 10.6 Å². The molecule has 2 amide bonds. The van der Waals surface area contributed by atoms with Gasteiger partial charge in [0.25, 0.3) is 0 Å². The number of carbonyl (C=O) groups is 1. The first-order valence-electron chi connectivity index (χ1n) is 8.08. The minimum absolute atomic E-state index is 0.107. The Morgan fingerprint density at radius 3 is 2.48 bits per heavy atom. The van der Waals surface area contributed by atoms with Crippen LogP contribution in [-0.4, -0.2) is 29.9 Å². The van der Waals surface area contributed by atoms with E-state index >= 15 is 0 Å². The zero-order valence-corrected chi connectivity index (χ0v) is 15.0. The lowest BCUT2D eigenvalue weighted by Crippen LogP contribution is -2.44. The van der Waals surface area contributed by atoms with Crippen molar-refractivity contribution in [3.8, 4) is 5.75 Å². The van der Waals surface area contributed by atoms with Gasteiger partial charge in [0.15, 0.2) is 0 Å². The lowest BCUT2D eigenvalue weighted by molar-refractivity contribution is 0.0649. The van der Waals surface area contributed by atoms with Gasteiger partial charge in [0.2, 0.25) is 0 Å². The summed E-state index contributed by atoms with van der Waals surface area (Å²) in [6.45, 7) is 11.9. The summed E-state index contributed by atoms with van der Waals surface area (Å²) in [6, 6.07) is 7.23. The number of aliphatic hydroxyl groups is 1. The number of carbonyl (C=O) groups excluding carboxylic acids is 1. The molecule has 130 valence electrons. The Balaban J connectivity index is 2.55. The van der Waals surface area contributed by atoms with E-state index < -0.39 is 6.10 Å². The van der Waals surface area contributed by atoms with Crippen LogP contribution in [0.15, 0.2) is 24.3 Å². The average Bonchev–Trinajstić information content (AvgIpc) is 2.43. The molecule has 2 atom stereocenters. The second kappa shape index (κ2) is 8.20. The van der Waals surface area contributed by atoms with Crippen LogP contribution in [0, 0.1) is 5.41 Å². The topological polar surface area (TPSA) is 70.6 Å². The number of nitrogens with one attached hydrogen (secondary N) is 2. The molecular weight excluding hydrogens is 292 g/mol. The van der Waals surface area contributed by atoms with E-state index in [9.17, 15) is 9.90 Å². The highest BCUT2D eigenvalue weighted by atomic mass is 16.5.